The quantitative estimate of drug-likeness (QED) is 0.731. The summed E-state index contributed by atoms with van der Waals surface area (Å²) in [7, 11) is 0. The lowest BCUT2D eigenvalue weighted by molar-refractivity contribution is 0.101. The molecular weight excluding hydrogens is 214 g/mol. The Morgan fingerprint density at radius 2 is 1.94 bits per heavy atom. The zero-order valence-electron chi connectivity index (χ0n) is 8.46. The molecule has 0 amide bonds. The fourth-order valence-electron chi connectivity index (χ4n) is 1.37. The number of carbonyl (C=O) groups is 1. The van der Waals surface area contributed by atoms with Crippen LogP contribution in [0.1, 0.15) is 21.7 Å². The highest BCUT2D eigenvalue weighted by molar-refractivity contribution is 6.07. The molecule has 0 atom stereocenters. The molecule has 0 N–H and O–H groups in total. The molecule has 0 saturated carbocycles. The fraction of sp³-hybridized carbons (Fsp3) is 0.0833. The van der Waals surface area contributed by atoms with Crippen LogP contribution in [-0.2, 0) is 0 Å². The number of carbonyl (C=O) groups excluding carboxylic acids is 1. The number of hydrogen-bond acceptors (Lipinski definition) is 2. The summed E-state index contributed by atoms with van der Waals surface area (Å²) in [5, 5.41) is 0. The zero-order chi connectivity index (χ0) is 11.7. The van der Waals surface area contributed by atoms with Crippen LogP contribution in [0.4, 0.5) is 8.78 Å². The summed E-state index contributed by atoms with van der Waals surface area (Å²) in [6.45, 7) is 1.70. The summed E-state index contributed by atoms with van der Waals surface area (Å²) in [4.78, 5) is 11.8. The van der Waals surface area contributed by atoms with E-state index in [4.69, 9.17) is 4.42 Å². The summed E-state index contributed by atoms with van der Waals surface area (Å²) in [6, 6.07) is 4.64. The van der Waals surface area contributed by atoms with Gasteiger partial charge in [-0.25, -0.2) is 8.78 Å². The molecule has 0 unspecified atom stereocenters. The van der Waals surface area contributed by atoms with E-state index in [0.717, 1.165) is 12.1 Å². The Balaban J connectivity index is 2.42. The van der Waals surface area contributed by atoms with E-state index >= 15 is 0 Å². The van der Waals surface area contributed by atoms with Gasteiger partial charge in [0, 0.05) is 5.56 Å². The van der Waals surface area contributed by atoms with Gasteiger partial charge in [-0.1, -0.05) is 0 Å². The Kier molecular flexibility index (Phi) is 2.56. The van der Waals surface area contributed by atoms with Gasteiger partial charge in [-0.2, -0.15) is 0 Å². The molecular formula is C12H8F2O2. The van der Waals surface area contributed by atoms with Crippen LogP contribution in [0.5, 0.6) is 0 Å². The van der Waals surface area contributed by atoms with E-state index in [9.17, 15) is 13.6 Å². The van der Waals surface area contributed by atoms with Crippen molar-refractivity contribution < 1.29 is 18.0 Å². The van der Waals surface area contributed by atoms with Gasteiger partial charge in [-0.15, -0.1) is 0 Å². The van der Waals surface area contributed by atoms with Crippen molar-refractivity contribution in [1.29, 1.82) is 0 Å². The SMILES string of the molecule is Cc1ccoc1C(=O)c1ccc(F)c(F)c1. The summed E-state index contributed by atoms with van der Waals surface area (Å²) < 4.78 is 30.6. The van der Waals surface area contributed by atoms with Crippen LogP contribution in [0.2, 0.25) is 0 Å². The number of ketones is 1. The lowest BCUT2D eigenvalue weighted by Gasteiger charge is -1.99. The molecule has 1 aromatic heterocycles. The molecule has 0 fully saturated rings. The Hall–Kier alpha value is -1.97. The molecule has 2 nitrogen and oxygen atoms in total. The van der Waals surface area contributed by atoms with Crippen molar-refractivity contribution in [2.24, 2.45) is 0 Å². The van der Waals surface area contributed by atoms with E-state index in [2.05, 4.69) is 0 Å². The molecule has 2 aromatic rings. The molecule has 0 bridgehead atoms. The van der Waals surface area contributed by atoms with Gasteiger partial charge in [0.2, 0.25) is 5.78 Å². The first kappa shape index (κ1) is 10.5. The van der Waals surface area contributed by atoms with Crippen LogP contribution in [0.15, 0.2) is 34.9 Å². The molecule has 1 heterocycles. The molecule has 0 radical (unpaired) electrons. The third-order valence-electron chi connectivity index (χ3n) is 2.25. The van der Waals surface area contributed by atoms with E-state index in [1.54, 1.807) is 13.0 Å². The lowest BCUT2D eigenvalue weighted by Crippen LogP contribution is -2.02. The normalized spacial score (nSPS) is 10.4. The summed E-state index contributed by atoms with van der Waals surface area (Å²) in [6.07, 6.45) is 1.38. The Labute approximate surface area is 90.5 Å². The smallest absolute Gasteiger partial charge is 0.228 e. The minimum atomic E-state index is -1.05. The zero-order valence-corrected chi connectivity index (χ0v) is 8.46. The lowest BCUT2D eigenvalue weighted by atomic mass is 10.1. The van der Waals surface area contributed by atoms with Crippen molar-refractivity contribution in [2.45, 2.75) is 6.92 Å². The van der Waals surface area contributed by atoms with Crippen molar-refractivity contribution in [3.8, 4) is 0 Å². The summed E-state index contributed by atoms with van der Waals surface area (Å²) in [5.41, 5.74) is 0.728. The highest BCUT2D eigenvalue weighted by Gasteiger charge is 2.16. The third-order valence-corrected chi connectivity index (χ3v) is 2.25. The average molecular weight is 222 g/mol. The Morgan fingerprint density at radius 1 is 1.19 bits per heavy atom. The summed E-state index contributed by atoms with van der Waals surface area (Å²) in [5.74, 6) is -2.34. The molecule has 0 saturated heterocycles. The predicted octanol–water partition coefficient (Wildman–Crippen LogP) is 3.10. The minimum Gasteiger partial charge on any atom is -0.461 e. The molecule has 1 aromatic carbocycles. The van der Waals surface area contributed by atoms with E-state index in [0.29, 0.717) is 5.56 Å². The Bertz CT molecular complexity index is 544. The molecule has 0 spiro atoms. The first-order valence-electron chi connectivity index (χ1n) is 4.63. The van der Waals surface area contributed by atoms with Gasteiger partial charge in [0.1, 0.15) is 0 Å². The first-order chi connectivity index (χ1) is 7.59. The maximum atomic E-state index is 12.9. The molecule has 2 rings (SSSR count). The second-order valence-corrected chi connectivity index (χ2v) is 3.39. The van der Waals surface area contributed by atoms with E-state index in [-0.39, 0.29) is 11.3 Å². The van der Waals surface area contributed by atoms with Crippen LogP contribution in [0.3, 0.4) is 0 Å². The number of halogens is 2. The third kappa shape index (κ3) is 1.74. The van der Waals surface area contributed by atoms with Crippen molar-refractivity contribution in [1.82, 2.24) is 0 Å². The molecule has 4 heteroatoms. The van der Waals surface area contributed by atoms with Crippen LogP contribution in [0, 0.1) is 18.6 Å². The van der Waals surface area contributed by atoms with Gasteiger partial charge < -0.3 is 4.42 Å². The van der Waals surface area contributed by atoms with Crippen LogP contribution in [0.25, 0.3) is 0 Å². The van der Waals surface area contributed by atoms with E-state index in [1.807, 2.05) is 0 Å². The number of hydrogen-bond donors (Lipinski definition) is 0. The topological polar surface area (TPSA) is 30.2 Å². The number of benzene rings is 1. The molecule has 16 heavy (non-hydrogen) atoms. The van der Waals surface area contributed by atoms with Gasteiger partial charge in [0.05, 0.1) is 6.26 Å². The highest BCUT2D eigenvalue weighted by atomic mass is 19.2. The Morgan fingerprint density at radius 3 is 2.50 bits per heavy atom. The van der Waals surface area contributed by atoms with Gasteiger partial charge >= 0.3 is 0 Å². The maximum Gasteiger partial charge on any atom is 0.228 e. The molecule has 0 aliphatic heterocycles. The van der Waals surface area contributed by atoms with Crippen LogP contribution < -0.4 is 0 Å². The van der Waals surface area contributed by atoms with Crippen LogP contribution >= 0.6 is 0 Å². The van der Waals surface area contributed by atoms with Crippen LogP contribution in [-0.4, -0.2) is 5.78 Å². The van der Waals surface area contributed by atoms with E-state index < -0.39 is 17.4 Å². The monoisotopic (exact) mass is 222 g/mol. The standard InChI is InChI=1S/C12H8F2O2/c1-7-4-5-16-12(7)11(15)8-2-3-9(13)10(14)6-8/h2-6H,1H3. The van der Waals surface area contributed by atoms with Crippen molar-refractivity contribution in [3.63, 3.8) is 0 Å². The van der Waals surface area contributed by atoms with E-state index in [1.165, 1.54) is 12.3 Å². The number of furan rings is 1. The van der Waals surface area contributed by atoms with Crippen molar-refractivity contribution in [2.75, 3.05) is 0 Å². The molecule has 0 aliphatic carbocycles. The van der Waals surface area contributed by atoms with Gasteiger partial charge in [-0.05, 0) is 36.8 Å². The van der Waals surface area contributed by atoms with Crippen molar-refractivity contribution >= 4 is 5.78 Å². The second kappa shape index (κ2) is 3.89. The number of rotatable bonds is 2. The van der Waals surface area contributed by atoms with Crippen molar-refractivity contribution in [3.05, 3.63) is 59.1 Å². The van der Waals surface area contributed by atoms with Gasteiger partial charge in [-0.3, -0.25) is 4.79 Å². The average Bonchev–Trinajstić information content (AvgIpc) is 2.67. The highest BCUT2D eigenvalue weighted by Crippen LogP contribution is 2.16. The molecule has 82 valence electrons. The second-order valence-electron chi connectivity index (χ2n) is 3.39. The first-order valence-corrected chi connectivity index (χ1v) is 4.63. The predicted molar refractivity (Wildman–Crippen MR) is 53.2 cm³/mol. The minimum absolute atomic E-state index is 0.0666. The summed E-state index contributed by atoms with van der Waals surface area (Å²) >= 11 is 0. The molecule has 0 aliphatic rings. The van der Waals surface area contributed by atoms with Gasteiger partial charge in [0.25, 0.3) is 0 Å². The maximum absolute atomic E-state index is 12.9. The van der Waals surface area contributed by atoms with Gasteiger partial charge in [0.15, 0.2) is 17.4 Å². The largest absolute Gasteiger partial charge is 0.461 e. The number of aryl methyl sites for hydroxylation is 1. The fourth-order valence-corrected chi connectivity index (χ4v) is 1.37.